The maximum atomic E-state index is 12.7. The summed E-state index contributed by atoms with van der Waals surface area (Å²) in [5.74, 6) is 0. The number of anilines is 1. The number of carbonyl (C=O) groups excluding carboxylic acids is 1. The monoisotopic (exact) mass is 407 g/mol. The zero-order valence-corrected chi connectivity index (χ0v) is 16.8. The van der Waals surface area contributed by atoms with Crippen LogP contribution in [0.4, 0.5) is 10.5 Å². The predicted octanol–water partition coefficient (Wildman–Crippen LogP) is 3.54. The first-order valence-corrected chi connectivity index (χ1v) is 10.5. The van der Waals surface area contributed by atoms with Gasteiger partial charge in [0, 0.05) is 29.8 Å². The normalized spacial score (nSPS) is 17.7. The lowest BCUT2D eigenvalue weighted by molar-refractivity contribution is 0.249. The van der Waals surface area contributed by atoms with Gasteiger partial charge in [-0.15, -0.1) is 0 Å². The van der Waals surface area contributed by atoms with Crippen LogP contribution in [0.3, 0.4) is 0 Å². The summed E-state index contributed by atoms with van der Waals surface area (Å²) in [6.45, 7) is 4.41. The number of urea groups is 1. The number of benzene rings is 2. The highest BCUT2D eigenvalue weighted by Gasteiger charge is 2.33. The number of nitrogens with zero attached hydrogens (tertiary/aromatic N) is 1. The quantitative estimate of drug-likeness (QED) is 0.813. The van der Waals surface area contributed by atoms with Crippen LogP contribution in [0, 0.1) is 13.8 Å². The first-order valence-electron chi connectivity index (χ1n) is 8.66. The van der Waals surface area contributed by atoms with Gasteiger partial charge >= 0.3 is 6.03 Å². The summed E-state index contributed by atoms with van der Waals surface area (Å²) >= 11 is 6.06. The van der Waals surface area contributed by atoms with Crippen LogP contribution < -0.4 is 10.6 Å². The van der Waals surface area contributed by atoms with Crippen LogP contribution in [0.1, 0.15) is 17.5 Å². The summed E-state index contributed by atoms with van der Waals surface area (Å²) in [6, 6.07) is 11.4. The number of aryl methyl sites for hydroxylation is 2. The Hall–Kier alpha value is -2.09. The maximum Gasteiger partial charge on any atom is 0.319 e. The number of carbonyl (C=O) groups is 1. The van der Waals surface area contributed by atoms with Gasteiger partial charge in [0.15, 0.2) is 0 Å². The van der Waals surface area contributed by atoms with Crippen LogP contribution in [0.2, 0.25) is 5.02 Å². The lowest BCUT2D eigenvalue weighted by atomic mass is 10.2. The van der Waals surface area contributed by atoms with Gasteiger partial charge in [0.2, 0.25) is 10.0 Å². The van der Waals surface area contributed by atoms with E-state index in [2.05, 4.69) is 10.6 Å². The fraction of sp³-hybridized carbons (Fsp3) is 0.316. The number of halogens is 1. The van der Waals surface area contributed by atoms with E-state index in [4.69, 9.17) is 11.6 Å². The molecule has 2 aromatic rings. The fourth-order valence-corrected chi connectivity index (χ4v) is 4.63. The zero-order valence-electron chi connectivity index (χ0n) is 15.2. The third-order valence-electron chi connectivity index (χ3n) is 4.57. The molecule has 0 bridgehead atoms. The summed E-state index contributed by atoms with van der Waals surface area (Å²) in [5, 5.41) is 6.12. The molecule has 3 rings (SSSR count). The summed E-state index contributed by atoms with van der Waals surface area (Å²) < 4.78 is 26.8. The highest BCUT2D eigenvalue weighted by Crippen LogP contribution is 2.22. The standard InChI is InChI=1S/C19H22ClN3O3S/c1-13-3-7-17(8-4-13)27(25,26)23-10-9-16(12-23)22-19(24)21-15-6-5-14(2)18(20)11-15/h3-8,11,16H,9-10,12H2,1-2H3,(H2,21,22,24)/t16-/m0/s1. The molecule has 2 amide bonds. The van der Waals surface area contributed by atoms with Gasteiger partial charge in [-0.1, -0.05) is 35.4 Å². The van der Waals surface area contributed by atoms with Crippen molar-refractivity contribution in [3.63, 3.8) is 0 Å². The number of hydrogen-bond donors (Lipinski definition) is 2. The van der Waals surface area contributed by atoms with Crippen LogP contribution in [0.25, 0.3) is 0 Å². The first kappa shape index (κ1) is 19.7. The van der Waals surface area contributed by atoms with Crippen molar-refractivity contribution in [2.24, 2.45) is 0 Å². The summed E-state index contributed by atoms with van der Waals surface area (Å²) in [7, 11) is -3.55. The number of sulfonamides is 1. The fourth-order valence-electron chi connectivity index (χ4n) is 2.95. The molecule has 0 aromatic heterocycles. The van der Waals surface area contributed by atoms with Crippen molar-refractivity contribution >= 4 is 33.3 Å². The van der Waals surface area contributed by atoms with E-state index in [1.165, 1.54) is 4.31 Å². The van der Waals surface area contributed by atoms with Crippen LogP contribution in [0.5, 0.6) is 0 Å². The number of amides is 2. The van der Waals surface area contributed by atoms with Crippen LogP contribution in [-0.2, 0) is 10.0 Å². The van der Waals surface area contributed by atoms with Crippen molar-refractivity contribution < 1.29 is 13.2 Å². The van der Waals surface area contributed by atoms with E-state index in [1.54, 1.807) is 36.4 Å². The molecule has 2 aromatic carbocycles. The molecule has 1 heterocycles. The van der Waals surface area contributed by atoms with E-state index >= 15 is 0 Å². The van der Waals surface area contributed by atoms with E-state index in [9.17, 15) is 13.2 Å². The van der Waals surface area contributed by atoms with Gasteiger partial charge in [0.05, 0.1) is 4.90 Å². The second-order valence-corrected chi connectivity index (χ2v) is 9.07. The molecule has 0 spiro atoms. The van der Waals surface area contributed by atoms with Crippen LogP contribution >= 0.6 is 11.6 Å². The Morgan fingerprint density at radius 3 is 2.52 bits per heavy atom. The predicted molar refractivity (Wildman–Crippen MR) is 107 cm³/mol. The Morgan fingerprint density at radius 2 is 1.85 bits per heavy atom. The van der Waals surface area contributed by atoms with Gasteiger partial charge in [-0.25, -0.2) is 13.2 Å². The van der Waals surface area contributed by atoms with Crippen molar-refractivity contribution in [3.8, 4) is 0 Å². The number of rotatable bonds is 4. The Balaban J connectivity index is 1.59. The molecule has 1 atom stereocenters. The van der Waals surface area contributed by atoms with Gasteiger partial charge in [-0.2, -0.15) is 4.31 Å². The second-order valence-electron chi connectivity index (χ2n) is 6.72. The van der Waals surface area contributed by atoms with Crippen molar-refractivity contribution in [2.75, 3.05) is 18.4 Å². The third kappa shape index (κ3) is 4.61. The molecule has 1 fully saturated rings. The number of nitrogens with one attached hydrogen (secondary N) is 2. The molecule has 0 radical (unpaired) electrons. The topological polar surface area (TPSA) is 78.5 Å². The van der Waals surface area contributed by atoms with E-state index < -0.39 is 10.0 Å². The molecule has 0 unspecified atom stereocenters. The Morgan fingerprint density at radius 1 is 1.15 bits per heavy atom. The van der Waals surface area contributed by atoms with E-state index in [0.29, 0.717) is 23.7 Å². The minimum absolute atomic E-state index is 0.244. The smallest absolute Gasteiger partial charge is 0.319 e. The molecule has 8 heteroatoms. The Labute approximate surface area is 164 Å². The molecule has 0 saturated carbocycles. The number of hydrogen-bond acceptors (Lipinski definition) is 3. The van der Waals surface area contributed by atoms with Gasteiger partial charge in [-0.05, 0) is 50.1 Å². The minimum atomic E-state index is -3.55. The molecule has 1 aliphatic rings. The molecular weight excluding hydrogens is 386 g/mol. The average molecular weight is 408 g/mol. The highest BCUT2D eigenvalue weighted by atomic mass is 35.5. The lowest BCUT2D eigenvalue weighted by Gasteiger charge is -2.17. The molecule has 6 nitrogen and oxygen atoms in total. The van der Waals surface area contributed by atoms with Gasteiger partial charge < -0.3 is 10.6 Å². The van der Waals surface area contributed by atoms with E-state index in [-0.39, 0.29) is 23.5 Å². The summed E-state index contributed by atoms with van der Waals surface area (Å²) in [4.78, 5) is 12.5. The molecule has 144 valence electrons. The highest BCUT2D eigenvalue weighted by molar-refractivity contribution is 7.89. The van der Waals surface area contributed by atoms with E-state index in [0.717, 1.165) is 11.1 Å². The Bertz CT molecular complexity index is 945. The summed E-state index contributed by atoms with van der Waals surface area (Å²) in [6.07, 6.45) is 0.563. The molecule has 0 aliphatic carbocycles. The lowest BCUT2D eigenvalue weighted by Crippen LogP contribution is -2.40. The third-order valence-corrected chi connectivity index (χ3v) is 6.86. The Kier molecular flexibility index (Phi) is 5.74. The molecule has 1 saturated heterocycles. The molecule has 1 aliphatic heterocycles. The molecule has 2 N–H and O–H groups in total. The SMILES string of the molecule is Cc1ccc(S(=O)(=O)N2CC[C@H](NC(=O)Nc3ccc(C)c(Cl)c3)C2)cc1. The zero-order chi connectivity index (χ0) is 19.6. The van der Waals surface area contributed by atoms with Crippen LogP contribution in [-0.4, -0.2) is 37.9 Å². The van der Waals surface area contributed by atoms with E-state index in [1.807, 2.05) is 19.9 Å². The first-order chi connectivity index (χ1) is 12.8. The second kappa shape index (κ2) is 7.88. The molecular formula is C19H22ClN3O3S. The van der Waals surface area contributed by atoms with Gasteiger partial charge in [-0.3, -0.25) is 0 Å². The average Bonchev–Trinajstić information content (AvgIpc) is 3.08. The minimum Gasteiger partial charge on any atom is -0.334 e. The molecule has 27 heavy (non-hydrogen) atoms. The largest absolute Gasteiger partial charge is 0.334 e. The van der Waals surface area contributed by atoms with Gasteiger partial charge in [0.1, 0.15) is 0 Å². The van der Waals surface area contributed by atoms with Crippen molar-refractivity contribution in [1.29, 1.82) is 0 Å². The maximum absolute atomic E-state index is 12.7. The van der Waals surface area contributed by atoms with Crippen LogP contribution in [0.15, 0.2) is 47.4 Å². The van der Waals surface area contributed by atoms with Gasteiger partial charge in [0.25, 0.3) is 0 Å². The van der Waals surface area contributed by atoms with Crippen molar-refractivity contribution in [1.82, 2.24) is 9.62 Å². The van der Waals surface area contributed by atoms with Crippen molar-refractivity contribution in [3.05, 3.63) is 58.6 Å². The van der Waals surface area contributed by atoms with Crippen molar-refractivity contribution in [2.45, 2.75) is 31.2 Å². The summed E-state index contributed by atoms with van der Waals surface area (Å²) in [5.41, 5.74) is 2.52.